The van der Waals surface area contributed by atoms with Gasteiger partial charge in [0.1, 0.15) is 0 Å². The first kappa shape index (κ1) is 16.8. The summed E-state index contributed by atoms with van der Waals surface area (Å²) in [4.78, 5) is 14.3. The van der Waals surface area contributed by atoms with Crippen LogP contribution in [0.15, 0.2) is 0 Å². The lowest BCUT2D eigenvalue weighted by Crippen LogP contribution is -2.35. The molecule has 2 atom stereocenters. The van der Waals surface area contributed by atoms with E-state index >= 15 is 0 Å². The number of rotatable bonds is 10. The molecule has 0 aliphatic carbocycles. The highest BCUT2D eigenvalue weighted by molar-refractivity contribution is 7.98. The average Bonchev–Trinajstić information content (AvgIpc) is 2.67. The molecule has 0 saturated carbocycles. The molecule has 0 aromatic rings. The van der Waals surface area contributed by atoms with Crippen LogP contribution in [0.1, 0.15) is 58.8 Å². The molecule has 1 saturated heterocycles. The fraction of sp³-hybridized carbons (Fsp3) is 0.933. The minimum absolute atomic E-state index is 0.0754. The van der Waals surface area contributed by atoms with Gasteiger partial charge in [0.25, 0.3) is 0 Å². The van der Waals surface area contributed by atoms with Crippen molar-refractivity contribution < 1.29 is 4.79 Å². The highest BCUT2D eigenvalue weighted by Crippen LogP contribution is 2.16. The Kier molecular flexibility index (Phi) is 8.55. The second kappa shape index (κ2) is 9.65. The number of carbonyl (C=O) groups is 1. The van der Waals surface area contributed by atoms with Crippen molar-refractivity contribution in [2.24, 2.45) is 0 Å². The number of nitrogens with one attached hydrogen (secondary N) is 1. The molecule has 0 spiro atoms. The molecule has 19 heavy (non-hydrogen) atoms. The van der Waals surface area contributed by atoms with E-state index in [0.717, 1.165) is 32.2 Å². The summed E-state index contributed by atoms with van der Waals surface area (Å²) >= 11 is 1.92. The van der Waals surface area contributed by atoms with Gasteiger partial charge < -0.3 is 4.90 Å². The highest BCUT2D eigenvalue weighted by Gasteiger charge is 2.34. The van der Waals surface area contributed by atoms with Crippen molar-refractivity contribution in [2.45, 2.75) is 71.0 Å². The maximum Gasteiger partial charge on any atom is 0.241 e. The number of thioether (sulfide) groups is 1. The molecule has 1 N–H and O–H groups in total. The van der Waals surface area contributed by atoms with Gasteiger partial charge in [-0.05, 0) is 38.2 Å². The van der Waals surface area contributed by atoms with Crippen LogP contribution in [0.25, 0.3) is 0 Å². The SMILES string of the molecule is CCCCC1NC(C)N(CCCCCCSC)C1=O. The van der Waals surface area contributed by atoms with E-state index in [-0.39, 0.29) is 12.2 Å². The Morgan fingerprint density at radius 2 is 1.95 bits per heavy atom. The van der Waals surface area contributed by atoms with E-state index in [1.54, 1.807) is 0 Å². The van der Waals surface area contributed by atoms with E-state index in [4.69, 9.17) is 0 Å². The van der Waals surface area contributed by atoms with Crippen LogP contribution in [0.3, 0.4) is 0 Å². The van der Waals surface area contributed by atoms with E-state index in [1.165, 1.54) is 25.0 Å². The Balaban J connectivity index is 2.20. The van der Waals surface area contributed by atoms with E-state index in [2.05, 4.69) is 25.4 Å². The Morgan fingerprint density at radius 1 is 1.21 bits per heavy atom. The Morgan fingerprint density at radius 3 is 2.63 bits per heavy atom. The minimum Gasteiger partial charge on any atom is -0.326 e. The van der Waals surface area contributed by atoms with Crippen LogP contribution in [0.2, 0.25) is 0 Å². The maximum absolute atomic E-state index is 12.2. The van der Waals surface area contributed by atoms with Crippen molar-refractivity contribution in [3.05, 3.63) is 0 Å². The van der Waals surface area contributed by atoms with E-state index < -0.39 is 0 Å². The average molecular weight is 286 g/mol. The fourth-order valence-corrected chi connectivity index (χ4v) is 3.14. The summed E-state index contributed by atoms with van der Waals surface area (Å²) < 4.78 is 0. The number of hydrogen-bond donors (Lipinski definition) is 1. The number of unbranched alkanes of at least 4 members (excludes halogenated alkanes) is 4. The van der Waals surface area contributed by atoms with Crippen LogP contribution in [-0.4, -0.2) is 41.6 Å². The van der Waals surface area contributed by atoms with Crippen LogP contribution < -0.4 is 5.32 Å². The second-order valence-electron chi connectivity index (χ2n) is 5.48. The molecule has 112 valence electrons. The van der Waals surface area contributed by atoms with Crippen molar-refractivity contribution in [2.75, 3.05) is 18.6 Å². The molecule has 1 aliphatic rings. The molecule has 0 bridgehead atoms. The molecule has 0 aromatic carbocycles. The third kappa shape index (κ3) is 5.74. The highest BCUT2D eigenvalue weighted by atomic mass is 32.2. The Labute approximate surface area is 122 Å². The van der Waals surface area contributed by atoms with Crippen molar-refractivity contribution in [3.8, 4) is 0 Å². The van der Waals surface area contributed by atoms with Crippen molar-refractivity contribution >= 4 is 17.7 Å². The lowest BCUT2D eigenvalue weighted by atomic mass is 10.1. The Hall–Kier alpha value is -0.220. The summed E-state index contributed by atoms with van der Waals surface area (Å²) in [6.07, 6.45) is 10.7. The van der Waals surface area contributed by atoms with Crippen LogP contribution >= 0.6 is 11.8 Å². The first-order chi connectivity index (χ1) is 9.20. The van der Waals surface area contributed by atoms with Crippen molar-refractivity contribution in [1.82, 2.24) is 10.2 Å². The molecule has 1 rings (SSSR count). The predicted octanol–water partition coefficient (Wildman–Crippen LogP) is 3.25. The molecule has 3 nitrogen and oxygen atoms in total. The molecule has 1 amide bonds. The fourth-order valence-electron chi connectivity index (χ4n) is 2.64. The molecule has 1 aliphatic heterocycles. The maximum atomic E-state index is 12.2. The van der Waals surface area contributed by atoms with Crippen LogP contribution in [-0.2, 0) is 4.79 Å². The molecular formula is C15H30N2OS. The molecule has 2 unspecified atom stereocenters. The van der Waals surface area contributed by atoms with Gasteiger partial charge in [-0.3, -0.25) is 10.1 Å². The summed E-state index contributed by atoms with van der Waals surface area (Å²) in [5.74, 6) is 1.59. The molecule has 1 heterocycles. The molecule has 0 aromatic heterocycles. The Bertz CT molecular complexity index is 261. The predicted molar refractivity (Wildman–Crippen MR) is 84.5 cm³/mol. The first-order valence-corrected chi connectivity index (χ1v) is 9.15. The number of nitrogens with zero attached hydrogens (tertiary/aromatic N) is 1. The number of hydrogen-bond acceptors (Lipinski definition) is 3. The van der Waals surface area contributed by atoms with E-state index in [0.29, 0.717) is 5.91 Å². The summed E-state index contributed by atoms with van der Waals surface area (Å²) in [5, 5.41) is 3.42. The van der Waals surface area contributed by atoms with Gasteiger partial charge in [0.15, 0.2) is 0 Å². The van der Waals surface area contributed by atoms with Gasteiger partial charge in [-0.25, -0.2) is 0 Å². The molecule has 4 heteroatoms. The first-order valence-electron chi connectivity index (χ1n) is 7.76. The summed E-state index contributed by atoms with van der Waals surface area (Å²) in [7, 11) is 0. The number of amides is 1. The zero-order valence-electron chi connectivity index (χ0n) is 12.8. The summed E-state index contributed by atoms with van der Waals surface area (Å²) in [6, 6.07) is 0.0754. The van der Waals surface area contributed by atoms with Gasteiger partial charge in [-0.15, -0.1) is 0 Å². The normalized spacial score (nSPS) is 23.3. The topological polar surface area (TPSA) is 32.3 Å². The minimum atomic E-state index is 0.0754. The van der Waals surface area contributed by atoms with E-state index in [9.17, 15) is 4.79 Å². The standard InChI is InChI=1S/C15H30N2OS/c1-4-5-10-14-15(18)17(13(2)16-14)11-8-6-7-9-12-19-3/h13-14,16H,4-12H2,1-3H3. The molecular weight excluding hydrogens is 256 g/mol. The van der Waals surface area contributed by atoms with Crippen LogP contribution in [0.5, 0.6) is 0 Å². The third-order valence-electron chi connectivity index (χ3n) is 3.83. The van der Waals surface area contributed by atoms with Gasteiger partial charge in [-0.1, -0.05) is 32.6 Å². The van der Waals surface area contributed by atoms with Gasteiger partial charge >= 0.3 is 0 Å². The zero-order valence-corrected chi connectivity index (χ0v) is 13.6. The van der Waals surface area contributed by atoms with Crippen molar-refractivity contribution in [3.63, 3.8) is 0 Å². The van der Waals surface area contributed by atoms with Crippen LogP contribution in [0, 0.1) is 0 Å². The lowest BCUT2D eigenvalue weighted by Gasteiger charge is -2.20. The quantitative estimate of drug-likeness (QED) is 0.626. The van der Waals surface area contributed by atoms with Gasteiger partial charge in [-0.2, -0.15) is 11.8 Å². The monoisotopic (exact) mass is 286 g/mol. The lowest BCUT2D eigenvalue weighted by molar-refractivity contribution is -0.130. The largest absolute Gasteiger partial charge is 0.326 e. The van der Waals surface area contributed by atoms with Gasteiger partial charge in [0.2, 0.25) is 5.91 Å². The molecule has 1 fully saturated rings. The third-order valence-corrected chi connectivity index (χ3v) is 4.53. The second-order valence-corrected chi connectivity index (χ2v) is 6.46. The summed E-state index contributed by atoms with van der Waals surface area (Å²) in [5.41, 5.74) is 0. The molecule has 0 radical (unpaired) electrons. The number of carbonyl (C=O) groups excluding carboxylic acids is 1. The van der Waals surface area contributed by atoms with Gasteiger partial charge in [0.05, 0.1) is 12.2 Å². The van der Waals surface area contributed by atoms with Gasteiger partial charge in [0, 0.05) is 6.54 Å². The van der Waals surface area contributed by atoms with Crippen molar-refractivity contribution in [1.29, 1.82) is 0 Å². The summed E-state index contributed by atoms with van der Waals surface area (Å²) in [6.45, 7) is 5.21. The smallest absolute Gasteiger partial charge is 0.241 e. The van der Waals surface area contributed by atoms with E-state index in [1.807, 2.05) is 16.7 Å². The zero-order chi connectivity index (χ0) is 14.1. The van der Waals surface area contributed by atoms with Crippen LogP contribution in [0.4, 0.5) is 0 Å².